The summed E-state index contributed by atoms with van der Waals surface area (Å²) < 4.78 is 0. The van der Waals surface area contributed by atoms with E-state index in [0.717, 1.165) is 37.1 Å². The van der Waals surface area contributed by atoms with Crippen molar-refractivity contribution in [2.24, 2.45) is 5.92 Å². The maximum Gasteiger partial charge on any atom is 0.147 e. The highest BCUT2D eigenvalue weighted by Gasteiger charge is 2.17. The van der Waals surface area contributed by atoms with Gasteiger partial charge < -0.3 is 10.2 Å². The van der Waals surface area contributed by atoms with E-state index in [1.807, 2.05) is 12.4 Å². The maximum absolute atomic E-state index is 4.73. The first-order chi connectivity index (χ1) is 8.94. The molecule has 1 fully saturated rings. The molecule has 1 aliphatic heterocycles. The number of nitrogens with zero attached hydrogens (tertiary/aromatic N) is 3. The zero-order valence-electron chi connectivity index (χ0n) is 12.6. The molecule has 1 saturated heterocycles. The Hall–Kier alpha value is -1.16. The second-order valence-electron chi connectivity index (χ2n) is 6.64. The molecule has 1 N–H and O–H groups in total. The largest absolute Gasteiger partial charge is 0.355 e. The van der Waals surface area contributed by atoms with Crippen molar-refractivity contribution in [3.05, 3.63) is 18.1 Å². The van der Waals surface area contributed by atoms with Crippen molar-refractivity contribution >= 4 is 5.82 Å². The fourth-order valence-corrected chi connectivity index (χ4v) is 2.23. The van der Waals surface area contributed by atoms with Crippen LogP contribution in [0.25, 0.3) is 0 Å². The fraction of sp³-hybridized carbons (Fsp3) is 0.733. The van der Waals surface area contributed by atoms with Crippen molar-refractivity contribution in [3.8, 4) is 0 Å². The third kappa shape index (κ3) is 4.46. The lowest BCUT2D eigenvalue weighted by molar-refractivity contribution is 0.419. The Bertz CT molecular complexity index is 403. The molecule has 0 aliphatic carbocycles. The van der Waals surface area contributed by atoms with E-state index in [9.17, 15) is 0 Å². The van der Waals surface area contributed by atoms with Crippen LogP contribution in [0.3, 0.4) is 0 Å². The van der Waals surface area contributed by atoms with Gasteiger partial charge in [-0.1, -0.05) is 6.92 Å². The molecule has 1 aromatic rings. The molecule has 19 heavy (non-hydrogen) atoms. The highest BCUT2D eigenvalue weighted by atomic mass is 15.2. The first-order valence-corrected chi connectivity index (χ1v) is 7.25. The molecular formula is C15H26N4. The van der Waals surface area contributed by atoms with Crippen LogP contribution in [0.15, 0.2) is 12.4 Å². The van der Waals surface area contributed by atoms with Crippen LogP contribution in [-0.2, 0) is 6.54 Å². The first-order valence-electron chi connectivity index (χ1n) is 7.25. The van der Waals surface area contributed by atoms with E-state index in [-0.39, 0.29) is 5.54 Å². The molecule has 1 aromatic heterocycles. The summed E-state index contributed by atoms with van der Waals surface area (Å²) in [7, 11) is 0. The van der Waals surface area contributed by atoms with Crippen LogP contribution in [0.4, 0.5) is 5.82 Å². The zero-order chi connectivity index (χ0) is 13.9. The quantitative estimate of drug-likeness (QED) is 0.909. The number of nitrogens with one attached hydrogen (secondary N) is 1. The lowest BCUT2D eigenvalue weighted by atomic mass is 9.99. The van der Waals surface area contributed by atoms with E-state index in [0.29, 0.717) is 0 Å². The number of piperidine rings is 1. The normalized spacial score (nSPS) is 17.8. The summed E-state index contributed by atoms with van der Waals surface area (Å²) in [5, 5.41) is 3.45. The fourth-order valence-electron chi connectivity index (χ4n) is 2.23. The molecule has 0 unspecified atom stereocenters. The topological polar surface area (TPSA) is 41.1 Å². The molecular weight excluding hydrogens is 236 g/mol. The SMILES string of the molecule is CC1CCN(c2cncc(CNC(C)(C)C)n2)CC1. The van der Waals surface area contributed by atoms with E-state index in [1.54, 1.807) is 0 Å². The van der Waals surface area contributed by atoms with E-state index < -0.39 is 0 Å². The van der Waals surface area contributed by atoms with Gasteiger partial charge in [-0.25, -0.2) is 4.98 Å². The van der Waals surface area contributed by atoms with Crippen molar-refractivity contribution in [2.45, 2.75) is 52.6 Å². The summed E-state index contributed by atoms with van der Waals surface area (Å²) in [5.74, 6) is 1.87. The molecule has 0 spiro atoms. The van der Waals surface area contributed by atoms with E-state index in [2.05, 4.69) is 42.9 Å². The van der Waals surface area contributed by atoms with Gasteiger partial charge in [0.1, 0.15) is 5.82 Å². The van der Waals surface area contributed by atoms with E-state index in [4.69, 9.17) is 4.98 Å². The average Bonchev–Trinajstić information content (AvgIpc) is 2.37. The van der Waals surface area contributed by atoms with Gasteiger partial charge in [-0.2, -0.15) is 0 Å². The van der Waals surface area contributed by atoms with Gasteiger partial charge in [0.15, 0.2) is 0 Å². The predicted molar refractivity (Wildman–Crippen MR) is 79.2 cm³/mol. The standard InChI is InChI=1S/C15H26N4/c1-12-5-7-19(8-6-12)14-11-16-9-13(18-14)10-17-15(2,3)4/h9,11-12,17H,5-8,10H2,1-4H3. The van der Waals surface area contributed by atoms with Crippen LogP contribution in [-0.4, -0.2) is 28.6 Å². The third-order valence-electron chi connectivity index (χ3n) is 3.58. The summed E-state index contributed by atoms with van der Waals surface area (Å²) >= 11 is 0. The second-order valence-corrected chi connectivity index (χ2v) is 6.64. The van der Waals surface area contributed by atoms with Crippen LogP contribution in [0.5, 0.6) is 0 Å². The molecule has 0 aromatic carbocycles. The van der Waals surface area contributed by atoms with Crippen molar-refractivity contribution < 1.29 is 0 Å². The Kier molecular flexibility index (Phi) is 4.40. The van der Waals surface area contributed by atoms with Crippen molar-refractivity contribution in [2.75, 3.05) is 18.0 Å². The van der Waals surface area contributed by atoms with Gasteiger partial charge in [-0.3, -0.25) is 4.98 Å². The average molecular weight is 262 g/mol. The molecule has 0 saturated carbocycles. The molecule has 0 amide bonds. The Balaban J connectivity index is 1.99. The van der Waals surface area contributed by atoms with E-state index in [1.165, 1.54) is 12.8 Å². The number of rotatable bonds is 3. The Labute approximate surface area is 116 Å². The minimum absolute atomic E-state index is 0.109. The van der Waals surface area contributed by atoms with Crippen LogP contribution >= 0.6 is 0 Å². The van der Waals surface area contributed by atoms with Gasteiger partial charge in [0.2, 0.25) is 0 Å². The number of hydrogen-bond acceptors (Lipinski definition) is 4. The third-order valence-corrected chi connectivity index (χ3v) is 3.58. The molecule has 0 atom stereocenters. The van der Waals surface area contributed by atoms with Gasteiger partial charge in [-0.15, -0.1) is 0 Å². The van der Waals surface area contributed by atoms with Crippen molar-refractivity contribution in [3.63, 3.8) is 0 Å². The lowest BCUT2D eigenvalue weighted by Gasteiger charge is -2.31. The van der Waals surface area contributed by atoms with Crippen LogP contribution in [0, 0.1) is 5.92 Å². The summed E-state index contributed by atoms with van der Waals surface area (Å²) in [6.07, 6.45) is 6.25. The van der Waals surface area contributed by atoms with Crippen molar-refractivity contribution in [1.29, 1.82) is 0 Å². The monoisotopic (exact) mass is 262 g/mol. The number of hydrogen-bond donors (Lipinski definition) is 1. The molecule has 106 valence electrons. The number of anilines is 1. The summed E-state index contributed by atoms with van der Waals surface area (Å²) in [5.41, 5.74) is 1.13. The Morgan fingerprint density at radius 2 is 1.95 bits per heavy atom. The molecule has 0 bridgehead atoms. The van der Waals surface area contributed by atoms with Gasteiger partial charge in [0.25, 0.3) is 0 Å². The number of aromatic nitrogens is 2. The highest BCUT2D eigenvalue weighted by Crippen LogP contribution is 2.20. The maximum atomic E-state index is 4.73. The minimum atomic E-state index is 0.109. The predicted octanol–water partition coefficient (Wildman–Crippen LogP) is 2.60. The molecule has 4 heteroatoms. The van der Waals surface area contributed by atoms with Gasteiger partial charge in [0.05, 0.1) is 11.9 Å². The van der Waals surface area contributed by atoms with E-state index >= 15 is 0 Å². The van der Waals surface area contributed by atoms with Gasteiger partial charge >= 0.3 is 0 Å². The molecule has 4 nitrogen and oxygen atoms in total. The molecule has 0 radical (unpaired) electrons. The molecule has 2 rings (SSSR count). The minimum Gasteiger partial charge on any atom is -0.355 e. The van der Waals surface area contributed by atoms with Gasteiger partial charge in [0, 0.05) is 31.4 Å². The van der Waals surface area contributed by atoms with Crippen LogP contribution < -0.4 is 10.2 Å². The van der Waals surface area contributed by atoms with Gasteiger partial charge in [-0.05, 0) is 39.5 Å². The lowest BCUT2D eigenvalue weighted by Crippen LogP contribution is -2.36. The smallest absolute Gasteiger partial charge is 0.147 e. The summed E-state index contributed by atoms with van der Waals surface area (Å²) in [4.78, 5) is 11.4. The Morgan fingerprint density at radius 1 is 1.26 bits per heavy atom. The second kappa shape index (κ2) is 5.87. The highest BCUT2D eigenvalue weighted by molar-refractivity contribution is 5.36. The molecule has 1 aliphatic rings. The van der Waals surface area contributed by atoms with Crippen LogP contribution in [0.2, 0.25) is 0 Å². The Morgan fingerprint density at radius 3 is 2.58 bits per heavy atom. The molecule has 2 heterocycles. The summed E-state index contributed by atoms with van der Waals surface area (Å²) in [6, 6.07) is 0. The first kappa shape index (κ1) is 14.3. The van der Waals surface area contributed by atoms with Crippen LogP contribution in [0.1, 0.15) is 46.2 Å². The van der Waals surface area contributed by atoms with Crippen molar-refractivity contribution in [1.82, 2.24) is 15.3 Å². The zero-order valence-corrected chi connectivity index (χ0v) is 12.6. The summed E-state index contributed by atoms with van der Waals surface area (Å²) in [6.45, 7) is 11.8.